The first-order valence-electron chi connectivity index (χ1n) is 6.04. The summed E-state index contributed by atoms with van der Waals surface area (Å²) in [5.74, 6) is 0.174. The third-order valence-electron chi connectivity index (χ3n) is 3.05. The highest BCUT2D eigenvalue weighted by molar-refractivity contribution is 7.99. The van der Waals surface area contributed by atoms with E-state index in [1.807, 2.05) is 12.1 Å². The quantitative estimate of drug-likeness (QED) is 0.782. The molecular formula is C14H15NO2S. The smallest absolute Gasteiger partial charge is 0.323 e. The Kier molecular flexibility index (Phi) is 4.27. The van der Waals surface area contributed by atoms with E-state index in [9.17, 15) is 4.79 Å². The molecule has 1 aromatic carbocycles. The minimum Gasteiger partial charge on any atom is -0.465 e. The molecule has 0 fully saturated rings. The number of nitriles is 1. The summed E-state index contributed by atoms with van der Waals surface area (Å²) in [4.78, 5) is 12.9. The molecule has 94 valence electrons. The van der Waals surface area contributed by atoms with Gasteiger partial charge in [-0.2, -0.15) is 5.26 Å². The van der Waals surface area contributed by atoms with Gasteiger partial charge in [-0.25, -0.2) is 0 Å². The molecule has 0 aliphatic carbocycles. The van der Waals surface area contributed by atoms with Crippen LogP contribution in [0, 0.1) is 17.2 Å². The summed E-state index contributed by atoms with van der Waals surface area (Å²) in [5.41, 5.74) is 1.26. The lowest BCUT2D eigenvalue weighted by Crippen LogP contribution is -2.19. The first-order chi connectivity index (χ1) is 8.76. The van der Waals surface area contributed by atoms with E-state index in [-0.39, 0.29) is 5.92 Å². The van der Waals surface area contributed by atoms with Crippen LogP contribution in [0.1, 0.15) is 24.8 Å². The Balaban J connectivity index is 2.07. The van der Waals surface area contributed by atoms with E-state index in [1.165, 1.54) is 10.5 Å². The van der Waals surface area contributed by atoms with Gasteiger partial charge in [0.05, 0.1) is 12.7 Å². The number of carbonyl (C=O) groups excluding carboxylic acids is 1. The van der Waals surface area contributed by atoms with Crippen molar-refractivity contribution in [2.45, 2.75) is 24.2 Å². The average Bonchev–Trinajstić information content (AvgIpc) is 2.79. The highest BCUT2D eigenvalue weighted by Gasteiger charge is 2.29. The van der Waals surface area contributed by atoms with E-state index in [2.05, 4.69) is 18.2 Å². The van der Waals surface area contributed by atoms with Crippen LogP contribution in [0.15, 0.2) is 29.2 Å². The molecule has 1 aliphatic heterocycles. The summed E-state index contributed by atoms with van der Waals surface area (Å²) in [6, 6.07) is 10.3. The predicted octanol–water partition coefficient (Wildman–Crippen LogP) is 2.97. The summed E-state index contributed by atoms with van der Waals surface area (Å²) in [5, 5.41) is 9.07. The summed E-state index contributed by atoms with van der Waals surface area (Å²) in [7, 11) is 0. The van der Waals surface area contributed by atoms with Gasteiger partial charge >= 0.3 is 5.97 Å². The molecule has 1 heterocycles. The molecule has 0 aromatic heterocycles. The molecule has 0 spiro atoms. The van der Waals surface area contributed by atoms with E-state index >= 15 is 0 Å². The molecule has 1 aromatic rings. The molecule has 0 saturated carbocycles. The third-order valence-corrected chi connectivity index (χ3v) is 4.30. The van der Waals surface area contributed by atoms with Crippen molar-refractivity contribution >= 4 is 17.7 Å². The molecule has 2 unspecified atom stereocenters. The average molecular weight is 261 g/mol. The Morgan fingerprint density at radius 1 is 1.61 bits per heavy atom. The number of benzene rings is 1. The lowest BCUT2D eigenvalue weighted by atomic mass is 9.91. The van der Waals surface area contributed by atoms with Gasteiger partial charge in [-0.05, 0) is 30.9 Å². The lowest BCUT2D eigenvalue weighted by molar-refractivity contribution is -0.146. The van der Waals surface area contributed by atoms with Gasteiger partial charge in [-0.1, -0.05) is 18.2 Å². The normalized spacial score (nSPS) is 18.8. The first kappa shape index (κ1) is 13.0. The highest BCUT2D eigenvalue weighted by atomic mass is 32.2. The number of nitrogens with zero attached hydrogens (tertiary/aromatic N) is 1. The number of rotatable bonds is 4. The second kappa shape index (κ2) is 5.92. The predicted molar refractivity (Wildman–Crippen MR) is 70.3 cm³/mol. The van der Waals surface area contributed by atoms with E-state index in [0.717, 1.165) is 5.75 Å². The molecule has 2 rings (SSSR count). The lowest BCUT2D eigenvalue weighted by Gasteiger charge is -2.14. The SMILES string of the molecule is CCOC(=O)C(C#N)CC1CSc2ccccc21. The fourth-order valence-corrected chi connectivity index (χ4v) is 3.43. The Bertz CT molecular complexity index is 481. The van der Waals surface area contributed by atoms with Gasteiger partial charge in [0.2, 0.25) is 0 Å². The number of thioether (sulfide) groups is 1. The van der Waals surface area contributed by atoms with Crippen molar-refractivity contribution in [2.24, 2.45) is 5.92 Å². The molecule has 0 bridgehead atoms. The van der Waals surface area contributed by atoms with Crippen LogP contribution in [-0.4, -0.2) is 18.3 Å². The van der Waals surface area contributed by atoms with Crippen molar-refractivity contribution in [3.63, 3.8) is 0 Å². The van der Waals surface area contributed by atoms with Gasteiger partial charge in [0.25, 0.3) is 0 Å². The summed E-state index contributed by atoms with van der Waals surface area (Å²) >= 11 is 1.79. The zero-order valence-corrected chi connectivity index (χ0v) is 11.1. The van der Waals surface area contributed by atoms with Crippen LogP contribution in [0.3, 0.4) is 0 Å². The van der Waals surface area contributed by atoms with Crippen LogP contribution in [0.25, 0.3) is 0 Å². The monoisotopic (exact) mass is 261 g/mol. The van der Waals surface area contributed by atoms with Crippen molar-refractivity contribution < 1.29 is 9.53 Å². The fraction of sp³-hybridized carbons (Fsp3) is 0.429. The molecular weight excluding hydrogens is 246 g/mol. The van der Waals surface area contributed by atoms with Crippen molar-refractivity contribution in [1.29, 1.82) is 5.26 Å². The minimum atomic E-state index is -0.651. The van der Waals surface area contributed by atoms with Crippen LogP contribution in [0.2, 0.25) is 0 Å². The van der Waals surface area contributed by atoms with Gasteiger partial charge in [-0.15, -0.1) is 11.8 Å². The third kappa shape index (κ3) is 2.68. The van der Waals surface area contributed by atoms with Crippen LogP contribution in [0.5, 0.6) is 0 Å². The Hall–Kier alpha value is -1.47. The highest BCUT2D eigenvalue weighted by Crippen LogP contribution is 2.42. The number of ether oxygens (including phenoxy) is 1. The second-order valence-electron chi connectivity index (χ2n) is 4.22. The molecule has 0 saturated heterocycles. The summed E-state index contributed by atoms with van der Waals surface area (Å²) < 4.78 is 4.92. The van der Waals surface area contributed by atoms with Crippen molar-refractivity contribution in [3.8, 4) is 6.07 Å². The zero-order chi connectivity index (χ0) is 13.0. The van der Waals surface area contributed by atoms with Gasteiger partial charge in [0, 0.05) is 10.6 Å². The number of fused-ring (bicyclic) bond motifs is 1. The maximum atomic E-state index is 11.6. The van der Waals surface area contributed by atoms with Gasteiger partial charge < -0.3 is 4.74 Å². The van der Waals surface area contributed by atoms with Crippen molar-refractivity contribution in [3.05, 3.63) is 29.8 Å². The van der Waals surface area contributed by atoms with Crippen LogP contribution < -0.4 is 0 Å². The number of carbonyl (C=O) groups is 1. The van der Waals surface area contributed by atoms with Crippen LogP contribution in [-0.2, 0) is 9.53 Å². The molecule has 0 radical (unpaired) electrons. The molecule has 0 N–H and O–H groups in total. The number of esters is 1. The Morgan fingerprint density at radius 3 is 3.11 bits per heavy atom. The second-order valence-corrected chi connectivity index (χ2v) is 5.28. The van der Waals surface area contributed by atoms with Gasteiger partial charge in [0.1, 0.15) is 5.92 Å². The van der Waals surface area contributed by atoms with Gasteiger partial charge in [0.15, 0.2) is 0 Å². The Labute approximate surface area is 111 Å². The minimum absolute atomic E-state index is 0.278. The maximum absolute atomic E-state index is 11.6. The number of hydrogen-bond acceptors (Lipinski definition) is 4. The molecule has 3 nitrogen and oxygen atoms in total. The van der Waals surface area contributed by atoms with Crippen molar-refractivity contribution in [1.82, 2.24) is 0 Å². The van der Waals surface area contributed by atoms with Gasteiger partial charge in [-0.3, -0.25) is 4.79 Å². The van der Waals surface area contributed by atoms with Crippen LogP contribution in [0.4, 0.5) is 0 Å². The molecule has 2 atom stereocenters. The number of hydrogen-bond donors (Lipinski definition) is 0. The largest absolute Gasteiger partial charge is 0.465 e. The van der Waals surface area contributed by atoms with E-state index in [1.54, 1.807) is 18.7 Å². The van der Waals surface area contributed by atoms with E-state index in [0.29, 0.717) is 13.0 Å². The molecule has 18 heavy (non-hydrogen) atoms. The zero-order valence-electron chi connectivity index (χ0n) is 10.3. The Morgan fingerprint density at radius 2 is 2.39 bits per heavy atom. The fourth-order valence-electron chi connectivity index (χ4n) is 2.15. The standard InChI is InChI=1S/C14H15NO2S/c1-2-17-14(16)10(8-15)7-11-9-18-13-6-4-3-5-12(11)13/h3-6,10-11H,2,7,9H2,1H3. The molecule has 4 heteroatoms. The van der Waals surface area contributed by atoms with Crippen molar-refractivity contribution in [2.75, 3.05) is 12.4 Å². The van der Waals surface area contributed by atoms with Crippen LogP contribution >= 0.6 is 11.8 Å². The molecule has 1 aliphatic rings. The van der Waals surface area contributed by atoms with E-state index < -0.39 is 11.9 Å². The topological polar surface area (TPSA) is 50.1 Å². The first-order valence-corrected chi connectivity index (χ1v) is 7.02. The maximum Gasteiger partial charge on any atom is 0.323 e. The summed E-state index contributed by atoms with van der Waals surface area (Å²) in [6.07, 6.45) is 0.555. The van der Waals surface area contributed by atoms with E-state index in [4.69, 9.17) is 10.00 Å². The summed E-state index contributed by atoms with van der Waals surface area (Å²) in [6.45, 7) is 2.08. The molecule has 0 amide bonds.